The van der Waals surface area contributed by atoms with E-state index in [1.165, 1.54) is 0 Å². The first-order valence-electron chi connectivity index (χ1n) is 8.46. The third-order valence-electron chi connectivity index (χ3n) is 4.55. The van der Waals surface area contributed by atoms with E-state index in [1.807, 2.05) is 36.4 Å². The van der Waals surface area contributed by atoms with E-state index in [0.29, 0.717) is 30.6 Å². The fourth-order valence-electron chi connectivity index (χ4n) is 3.30. The Morgan fingerprint density at radius 1 is 1.00 bits per heavy atom. The number of carbonyl (C=O) groups is 3. The van der Waals surface area contributed by atoms with E-state index in [0.717, 1.165) is 22.9 Å². The molecule has 2 aliphatic rings. The molecule has 0 bridgehead atoms. The lowest BCUT2D eigenvalue weighted by Gasteiger charge is -2.26. The number of amides is 2. The molecule has 2 heterocycles. The van der Waals surface area contributed by atoms with Crippen molar-refractivity contribution < 1.29 is 19.1 Å². The molecule has 26 heavy (non-hydrogen) atoms. The molecule has 2 aromatic carbocycles. The van der Waals surface area contributed by atoms with Crippen LogP contribution < -0.4 is 10.1 Å². The molecular weight excluding hydrogens is 350 g/mol. The van der Waals surface area contributed by atoms with E-state index >= 15 is 0 Å². The lowest BCUT2D eigenvalue weighted by molar-refractivity contribution is -0.118. The van der Waals surface area contributed by atoms with E-state index in [1.54, 1.807) is 12.1 Å². The Morgan fingerprint density at radius 2 is 1.81 bits per heavy atom. The minimum absolute atomic E-state index is 0.0497. The Bertz CT molecular complexity index is 881. The van der Waals surface area contributed by atoms with Gasteiger partial charge in [-0.2, -0.15) is 0 Å². The summed E-state index contributed by atoms with van der Waals surface area (Å²) in [5, 5.41) is 1.52. The van der Waals surface area contributed by atoms with Crippen LogP contribution in [-0.4, -0.2) is 28.3 Å². The molecular formula is C20H17NO4S. The van der Waals surface area contributed by atoms with Crippen molar-refractivity contribution in [1.29, 1.82) is 0 Å². The van der Waals surface area contributed by atoms with Gasteiger partial charge in [0.15, 0.2) is 5.78 Å². The number of imide groups is 1. The van der Waals surface area contributed by atoms with E-state index in [9.17, 15) is 14.4 Å². The van der Waals surface area contributed by atoms with Crippen molar-refractivity contribution >= 4 is 28.7 Å². The molecule has 1 N–H and O–H groups in total. The number of thioether (sulfide) groups is 1. The molecule has 0 aromatic heterocycles. The summed E-state index contributed by atoms with van der Waals surface area (Å²) in [6.07, 6.45) is 1.27. The zero-order valence-electron chi connectivity index (χ0n) is 13.9. The number of hydrogen-bond donors (Lipinski definition) is 1. The number of carbonyl (C=O) groups excluding carboxylic acids is 3. The van der Waals surface area contributed by atoms with E-state index in [4.69, 9.17) is 4.74 Å². The van der Waals surface area contributed by atoms with E-state index in [2.05, 4.69) is 5.32 Å². The molecule has 1 saturated heterocycles. The van der Waals surface area contributed by atoms with E-state index < -0.39 is 5.25 Å². The average molecular weight is 367 g/mol. The Balaban J connectivity index is 1.48. The van der Waals surface area contributed by atoms with Gasteiger partial charge in [-0.3, -0.25) is 19.7 Å². The smallest absolute Gasteiger partial charge is 0.286 e. The number of ether oxygens (including phenoxy) is 1. The summed E-state index contributed by atoms with van der Waals surface area (Å²) in [6.45, 7) is 0. The van der Waals surface area contributed by atoms with Crippen LogP contribution in [0.15, 0.2) is 48.5 Å². The van der Waals surface area contributed by atoms with Gasteiger partial charge in [0.2, 0.25) is 5.91 Å². The van der Waals surface area contributed by atoms with Crippen molar-refractivity contribution in [3.05, 3.63) is 65.2 Å². The van der Waals surface area contributed by atoms with Gasteiger partial charge < -0.3 is 4.74 Å². The molecule has 2 unspecified atom stereocenters. The third kappa shape index (κ3) is 3.51. The summed E-state index contributed by atoms with van der Waals surface area (Å²) in [7, 11) is 0. The molecule has 6 heteroatoms. The van der Waals surface area contributed by atoms with Gasteiger partial charge in [-0.25, -0.2) is 0 Å². The van der Waals surface area contributed by atoms with E-state index in [-0.39, 0.29) is 23.0 Å². The van der Waals surface area contributed by atoms with Crippen molar-refractivity contribution in [2.24, 2.45) is 0 Å². The topological polar surface area (TPSA) is 72.5 Å². The summed E-state index contributed by atoms with van der Waals surface area (Å²) in [5.74, 6) is 0.363. The normalized spacial score (nSPS) is 21.9. The van der Waals surface area contributed by atoms with Crippen LogP contribution in [0.5, 0.6) is 5.75 Å². The zero-order chi connectivity index (χ0) is 18.1. The highest BCUT2D eigenvalue weighted by Gasteiger charge is 2.32. The quantitative estimate of drug-likeness (QED) is 0.899. The molecule has 2 amide bonds. The predicted molar refractivity (Wildman–Crippen MR) is 98.6 cm³/mol. The summed E-state index contributed by atoms with van der Waals surface area (Å²) >= 11 is 0.993. The van der Waals surface area contributed by atoms with Gasteiger partial charge in [-0.1, -0.05) is 48.2 Å². The molecule has 5 nitrogen and oxygen atoms in total. The van der Waals surface area contributed by atoms with Gasteiger partial charge in [0, 0.05) is 12.8 Å². The lowest BCUT2D eigenvalue weighted by atomic mass is 9.94. The highest BCUT2D eigenvalue weighted by molar-refractivity contribution is 8.15. The fraction of sp³-hybridized carbons (Fsp3) is 0.250. The standard InChI is InChI=1S/C20H17NO4S/c22-16-11-14(8-12-4-2-1-3-5-12)25-17-7-6-13(9-15(16)17)10-18-19(23)21-20(24)26-18/h1-7,9,14,18H,8,10-11H2,(H,21,23,24). The number of fused-ring (bicyclic) bond motifs is 1. The summed E-state index contributed by atoms with van der Waals surface area (Å²) in [5.41, 5.74) is 2.55. The Labute approximate surface area is 155 Å². The van der Waals surface area contributed by atoms with Crippen molar-refractivity contribution in [1.82, 2.24) is 5.32 Å². The average Bonchev–Trinajstić information content (AvgIpc) is 2.93. The maximum atomic E-state index is 12.6. The van der Waals surface area contributed by atoms with Crippen molar-refractivity contribution in [2.75, 3.05) is 0 Å². The SMILES string of the molecule is O=C1NC(=O)C(Cc2ccc3c(c2)C(=O)CC(Cc2ccccc2)O3)S1. The van der Waals surface area contributed by atoms with Gasteiger partial charge in [0.1, 0.15) is 11.9 Å². The molecule has 1 fully saturated rings. The maximum absolute atomic E-state index is 12.6. The lowest BCUT2D eigenvalue weighted by Crippen LogP contribution is -2.29. The van der Waals surface area contributed by atoms with Gasteiger partial charge in [0.05, 0.1) is 10.8 Å². The molecule has 0 radical (unpaired) electrons. The first-order chi connectivity index (χ1) is 12.6. The van der Waals surface area contributed by atoms with Crippen LogP contribution in [0.1, 0.15) is 27.9 Å². The third-order valence-corrected chi connectivity index (χ3v) is 5.53. The highest BCUT2D eigenvalue weighted by atomic mass is 32.2. The number of hydrogen-bond acceptors (Lipinski definition) is 5. The van der Waals surface area contributed by atoms with Crippen LogP contribution >= 0.6 is 11.8 Å². The molecule has 0 spiro atoms. The van der Waals surface area contributed by atoms with Gasteiger partial charge in [0.25, 0.3) is 5.24 Å². The fourth-order valence-corrected chi connectivity index (χ4v) is 4.15. The van der Waals surface area contributed by atoms with Crippen LogP contribution in [0.3, 0.4) is 0 Å². The first kappa shape index (κ1) is 16.8. The summed E-state index contributed by atoms with van der Waals surface area (Å²) < 4.78 is 6.01. The number of benzene rings is 2. The van der Waals surface area contributed by atoms with Gasteiger partial charge >= 0.3 is 0 Å². The molecule has 2 atom stereocenters. The maximum Gasteiger partial charge on any atom is 0.286 e. The van der Waals surface area contributed by atoms with Crippen LogP contribution in [-0.2, 0) is 17.6 Å². The number of nitrogens with one attached hydrogen (secondary N) is 1. The highest BCUT2D eigenvalue weighted by Crippen LogP contribution is 2.31. The largest absolute Gasteiger partial charge is 0.489 e. The van der Waals surface area contributed by atoms with Crippen LogP contribution in [0, 0.1) is 0 Å². The molecule has 132 valence electrons. The molecule has 2 aliphatic heterocycles. The number of rotatable bonds is 4. The first-order valence-corrected chi connectivity index (χ1v) is 9.34. The predicted octanol–water partition coefficient (Wildman–Crippen LogP) is 3.16. The second-order valence-electron chi connectivity index (χ2n) is 6.47. The van der Waals surface area contributed by atoms with Gasteiger partial charge in [-0.05, 0) is 29.7 Å². The van der Waals surface area contributed by atoms with Crippen LogP contribution in [0.25, 0.3) is 0 Å². The molecule has 2 aromatic rings. The van der Waals surface area contributed by atoms with Crippen molar-refractivity contribution in [2.45, 2.75) is 30.6 Å². The summed E-state index contributed by atoms with van der Waals surface area (Å²) in [4.78, 5) is 35.6. The molecule has 0 saturated carbocycles. The second-order valence-corrected chi connectivity index (χ2v) is 7.65. The van der Waals surface area contributed by atoms with Crippen LogP contribution in [0.2, 0.25) is 0 Å². The number of ketones is 1. The van der Waals surface area contributed by atoms with Gasteiger partial charge in [-0.15, -0.1) is 0 Å². The molecule has 4 rings (SSSR count). The Kier molecular flexibility index (Phi) is 4.51. The van der Waals surface area contributed by atoms with Crippen LogP contribution in [0.4, 0.5) is 4.79 Å². The Hall–Kier alpha value is -2.60. The molecule has 0 aliphatic carbocycles. The second kappa shape index (κ2) is 6.96. The Morgan fingerprint density at radius 3 is 2.54 bits per heavy atom. The van der Waals surface area contributed by atoms with Crippen molar-refractivity contribution in [3.8, 4) is 5.75 Å². The number of Topliss-reactive ketones (excluding diaryl/α,β-unsaturated/α-hetero) is 1. The minimum Gasteiger partial charge on any atom is -0.489 e. The minimum atomic E-state index is -0.439. The van der Waals surface area contributed by atoms with Crippen molar-refractivity contribution in [3.63, 3.8) is 0 Å². The summed E-state index contributed by atoms with van der Waals surface area (Å²) in [6, 6.07) is 15.4. The monoisotopic (exact) mass is 367 g/mol. The zero-order valence-corrected chi connectivity index (χ0v) is 14.8.